The minimum Gasteiger partial charge on any atom is -0.481 e. The number of nitrogens with zero attached hydrogens (tertiary/aromatic N) is 1. The Hall–Kier alpha value is -0.620. The number of aliphatic carboxylic acids is 1. The zero-order valence-electron chi connectivity index (χ0n) is 10.6. The summed E-state index contributed by atoms with van der Waals surface area (Å²) in [5.74, 6) is -0.688. The molecule has 1 aliphatic rings. The van der Waals surface area contributed by atoms with E-state index < -0.39 is 21.2 Å². The van der Waals surface area contributed by atoms with Gasteiger partial charge in [-0.3, -0.25) is 4.79 Å². The van der Waals surface area contributed by atoms with Gasteiger partial charge in [0.05, 0.1) is 16.4 Å². The molecule has 1 unspecified atom stereocenters. The lowest BCUT2D eigenvalue weighted by Crippen LogP contribution is -2.34. The van der Waals surface area contributed by atoms with E-state index in [0.717, 1.165) is 0 Å². The van der Waals surface area contributed by atoms with Crippen LogP contribution in [0.25, 0.3) is 0 Å². The Morgan fingerprint density at radius 1 is 1.47 bits per heavy atom. The Morgan fingerprint density at radius 3 is 2.47 bits per heavy atom. The van der Waals surface area contributed by atoms with E-state index in [-0.39, 0.29) is 11.0 Å². The van der Waals surface area contributed by atoms with E-state index in [1.54, 1.807) is 20.8 Å². The number of carboxylic acid groups (broad SMARTS) is 1. The average molecular weight is 263 g/mol. The van der Waals surface area contributed by atoms with Crippen LogP contribution < -0.4 is 0 Å². The molecule has 0 bridgehead atoms. The van der Waals surface area contributed by atoms with Crippen LogP contribution in [0, 0.1) is 5.41 Å². The maximum absolute atomic E-state index is 11.6. The van der Waals surface area contributed by atoms with Crippen molar-refractivity contribution in [3.8, 4) is 0 Å². The highest BCUT2D eigenvalue weighted by molar-refractivity contribution is 7.92. The Balaban J connectivity index is 2.50. The Bertz CT molecular complexity index is 390. The number of sulfone groups is 1. The van der Waals surface area contributed by atoms with Gasteiger partial charge >= 0.3 is 5.97 Å². The van der Waals surface area contributed by atoms with Crippen molar-refractivity contribution >= 4 is 15.8 Å². The first-order chi connectivity index (χ1) is 7.67. The quantitative estimate of drug-likeness (QED) is 0.786. The first-order valence-corrected chi connectivity index (χ1v) is 7.56. The fraction of sp³-hybridized carbons (Fsp3) is 0.909. The third kappa shape index (κ3) is 3.42. The van der Waals surface area contributed by atoms with Crippen molar-refractivity contribution in [1.29, 1.82) is 0 Å². The highest BCUT2D eigenvalue weighted by Crippen LogP contribution is 2.29. The predicted octanol–water partition coefficient (Wildman–Crippen LogP) is 0.606. The van der Waals surface area contributed by atoms with E-state index in [9.17, 15) is 13.2 Å². The molecule has 1 N–H and O–H groups in total. The van der Waals surface area contributed by atoms with Crippen LogP contribution in [0.5, 0.6) is 0 Å². The molecule has 6 heteroatoms. The minimum absolute atomic E-state index is 0.111. The van der Waals surface area contributed by atoms with Crippen LogP contribution in [-0.2, 0) is 14.6 Å². The maximum Gasteiger partial charge on any atom is 0.310 e. The van der Waals surface area contributed by atoms with Crippen molar-refractivity contribution in [1.82, 2.24) is 4.90 Å². The zero-order chi connectivity index (χ0) is 13.3. The summed E-state index contributed by atoms with van der Waals surface area (Å²) in [5, 5.41) is 8.70. The highest BCUT2D eigenvalue weighted by atomic mass is 32.2. The molecule has 1 aliphatic heterocycles. The Labute approximate surface area is 103 Å². The molecule has 0 aromatic rings. The van der Waals surface area contributed by atoms with Crippen molar-refractivity contribution in [2.24, 2.45) is 5.41 Å². The second kappa shape index (κ2) is 4.94. The summed E-state index contributed by atoms with van der Waals surface area (Å²) in [5.41, 5.74) is -0.721. The third-order valence-corrected chi connectivity index (χ3v) is 5.67. The first kappa shape index (κ1) is 14.4. The van der Waals surface area contributed by atoms with Gasteiger partial charge in [-0.1, -0.05) is 0 Å². The molecule has 0 spiro atoms. The van der Waals surface area contributed by atoms with Crippen LogP contribution in [0.1, 0.15) is 27.2 Å². The summed E-state index contributed by atoms with van der Waals surface area (Å²) in [6.45, 7) is 6.59. The van der Waals surface area contributed by atoms with Crippen LogP contribution >= 0.6 is 0 Å². The van der Waals surface area contributed by atoms with Gasteiger partial charge in [0.25, 0.3) is 0 Å². The summed E-state index contributed by atoms with van der Waals surface area (Å²) in [6, 6.07) is 0. The second-order valence-electron chi connectivity index (χ2n) is 5.31. The van der Waals surface area contributed by atoms with Crippen molar-refractivity contribution in [3.63, 3.8) is 0 Å². The summed E-state index contributed by atoms with van der Waals surface area (Å²) >= 11 is 0. The molecule has 100 valence electrons. The molecule has 1 atom stereocenters. The van der Waals surface area contributed by atoms with Gasteiger partial charge in [-0.15, -0.1) is 0 Å². The van der Waals surface area contributed by atoms with E-state index in [4.69, 9.17) is 5.11 Å². The molecule has 1 fully saturated rings. The third-order valence-electron chi connectivity index (χ3n) is 3.48. The van der Waals surface area contributed by atoms with E-state index in [0.29, 0.717) is 26.1 Å². The molecule has 1 heterocycles. The molecule has 17 heavy (non-hydrogen) atoms. The van der Waals surface area contributed by atoms with Crippen LogP contribution in [-0.4, -0.2) is 55.0 Å². The predicted molar refractivity (Wildman–Crippen MR) is 65.7 cm³/mol. The summed E-state index contributed by atoms with van der Waals surface area (Å²) < 4.78 is 23.3. The van der Waals surface area contributed by atoms with E-state index >= 15 is 0 Å². The van der Waals surface area contributed by atoms with Gasteiger partial charge in [-0.2, -0.15) is 0 Å². The Kier molecular flexibility index (Phi) is 4.19. The highest BCUT2D eigenvalue weighted by Gasteiger charge is 2.40. The van der Waals surface area contributed by atoms with Gasteiger partial charge in [-0.25, -0.2) is 8.42 Å². The lowest BCUT2D eigenvalue weighted by atomic mass is 9.90. The SMILES string of the molecule is CC(C)S(=O)(=O)CCN1CCC(C)(C(=O)O)C1. The van der Waals surface area contributed by atoms with Crippen LogP contribution in [0.2, 0.25) is 0 Å². The number of rotatable bonds is 5. The van der Waals surface area contributed by atoms with Gasteiger partial charge in [0.2, 0.25) is 0 Å². The van der Waals surface area contributed by atoms with Gasteiger partial charge in [0, 0.05) is 13.1 Å². The number of likely N-dealkylation sites (tertiary alicyclic amines) is 1. The molecule has 0 radical (unpaired) electrons. The molecule has 0 aromatic carbocycles. The normalized spacial score (nSPS) is 26.6. The number of hydrogen-bond donors (Lipinski definition) is 1. The molecule has 0 aliphatic carbocycles. The molecule has 0 saturated carbocycles. The van der Waals surface area contributed by atoms with E-state index in [1.165, 1.54) is 0 Å². The Morgan fingerprint density at radius 2 is 2.06 bits per heavy atom. The summed E-state index contributed by atoms with van der Waals surface area (Å²) in [6.07, 6.45) is 0.587. The average Bonchev–Trinajstić information content (AvgIpc) is 2.59. The van der Waals surface area contributed by atoms with Gasteiger partial charge in [0.15, 0.2) is 9.84 Å². The van der Waals surface area contributed by atoms with Gasteiger partial charge < -0.3 is 10.0 Å². The summed E-state index contributed by atoms with van der Waals surface area (Å²) in [4.78, 5) is 13.0. The summed E-state index contributed by atoms with van der Waals surface area (Å²) in [7, 11) is -3.03. The molecular formula is C11H21NO4S. The molecule has 0 amide bonds. The lowest BCUT2D eigenvalue weighted by molar-refractivity contribution is -0.147. The monoisotopic (exact) mass is 263 g/mol. The van der Waals surface area contributed by atoms with Crippen LogP contribution in [0.4, 0.5) is 0 Å². The standard InChI is InChI=1S/C11H21NO4S/c1-9(2)17(15,16)7-6-12-5-4-11(3,8-12)10(13)14/h9H,4-8H2,1-3H3,(H,13,14). The number of carbonyl (C=O) groups is 1. The van der Waals surface area contributed by atoms with E-state index in [2.05, 4.69) is 0 Å². The van der Waals surface area contributed by atoms with E-state index in [1.807, 2.05) is 4.90 Å². The van der Waals surface area contributed by atoms with Crippen molar-refractivity contribution in [3.05, 3.63) is 0 Å². The second-order valence-corrected chi connectivity index (χ2v) is 7.98. The molecule has 1 rings (SSSR count). The van der Waals surface area contributed by atoms with Crippen LogP contribution in [0.15, 0.2) is 0 Å². The molecule has 1 saturated heterocycles. The fourth-order valence-electron chi connectivity index (χ4n) is 1.91. The first-order valence-electron chi connectivity index (χ1n) is 5.85. The van der Waals surface area contributed by atoms with Crippen molar-refractivity contribution in [2.45, 2.75) is 32.4 Å². The maximum atomic E-state index is 11.6. The zero-order valence-corrected chi connectivity index (χ0v) is 11.5. The van der Waals surface area contributed by atoms with Gasteiger partial charge in [-0.05, 0) is 33.7 Å². The van der Waals surface area contributed by atoms with Gasteiger partial charge in [0.1, 0.15) is 0 Å². The molecule has 5 nitrogen and oxygen atoms in total. The topological polar surface area (TPSA) is 74.7 Å². The van der Waals surface area contributed by atoms with Crippen molar-refractivity contribution < 1.29 is 18.3 Å². The molecular weight excluding hydrogens is 242 g/mol. The van der Waals surface area contributed by atoms with Crippen molar-refractivity contribution in [2.75, 3.05) is 25.4 Å². The largest absolute Gasteiger partial charge is 0.481 e. The lowest BCUT2D eigenvalue weighted by Gasteiger charge is -2.20. The smallest absolute Gasteiger partial charge is 0.310 e. The molecule has 0 aromatic heterocycles. The fourth-order valence-corrected chi connectivity index (χ4v) is 2.90. The number of carboxylic acids is 1. The minimum atomic E-state index is -3.03. The number of hydrogen-bond acceptors (Lipinski definition) is 4. The van der Waals surface area contributed by atoms with Crippen LogP contribution in [0.3, 0.4) is 0 Å².